The number of hydrogen-bond acceptors (Lipinski definition) is 4. The number of rotatable bonds is 4. The Balaban J connectivity index is 1.64. The SMILES string of the molecule is COc1cccc(CC(=O)N2CCC[C@H](c3nc(C)cs3)C2)c1. The normalized spacial score (nSPS) is 18.0. The van der Waals surface area contributed by atoms with Crippen molar-refractivity contribution in [2.45, 2.75) is 32.1 Å². The fraction of sp³-hybridized carbons (Fsp3) is 0.444. The zero-order chi connectivity index (χ0) is 16.2. The Kier molecular flexibility index (Phi) is 4.96. The summed E-state index contributed by atoms with van der Waals surface area (Å²) in [6, 6.07) is 7.74. The Hall–Kier alpha value is -1.88. The number of thiazole rings is 1. The lowest BCUT2D eigenvalue weighted by atomic mass is 9.98. The van der Waals surface area contributed by atoms with Gasteiger partial charge in [0.1, 0.15) is 5.75 Å². The van der Waals surface area contributed by atoms with Crippen molar-refractivity contribution in [3.63, 3.8) is 0 Å². The summed E-state index contributed by atoms with van der Waals surface area (Å²) in [6.45, 7) is 3.66. The molecule has 1 atom stereocenters. The molecule has 1 aliphatic heterocycles. The summed E-state index contributed by atoms with van der Waals surface area (Å²) in [7, 11) is 1.65. The van der Waals surface area contributed by atoms with Crippen molar-refractivity contribution in [2.24, 2.45) is 0 Å². The fourth-order valence-corrected chi connectivity index (χ4v) is 3.96. The Morgan fingerprint density at radius 1 is 1.48 bits per heavy atom. The molecule has 1 aromatic heterocycles. The lowest BCUT2D eigenvalue weighted by Gasteiger charge is -2.32. The van der Waals surface area contributed by atoms with Crippen molar-refractivity contribution in [2.75, 3.05) is 20.2 Å². The number of methoxy groups -OCH3 is 1. The maximum absolute atomic E-state index is 12.6. The molecule has 23 heavy (non-hydrogen) atoms. The van der Waals surface area contributed by atoms with Crippen molar-refractivity contribution in [1.82, 2.24) is 9.88 Å². The molecule has 1 saturated heterocycles. The molecule has 3 rings (SSSR count). The first-order valence-corrected chi connectivity index (χ1v) is 8.86. The van der Waals surface area contributed by atoms with E-state index in [1.807, 2.05) is 36.1 Å². The van der Waals surface area contributed by atoms with E-state index in [9.17, 15) is 4.79 Å². The molecule has 0 aliphatic carbocycles. The van der Waals surface area contributed by atoms with Crippen molar-refractivity contribution >= 4 is 17.2 Å². The quantitative estimate of drug-likeness (QED) is 0.863. The Bertz CT molecular complexity index is 683. The number of piperidine rings is 1. The van der Waals surface area contributed by atoms with Gasteiger partial charge in [0.05, 0.1) is 18.5 Å². The van der Waals surface area contributed by atoms with E-state index < -0.39 is 0 Å². The molecule has 0 spiro atoms. The first-order valence-electron chi connectivity index (χ1n) is 7.98. The fourth-order valence-electron chi connectivity index (χ4n) is 3.03. The van der Waals surface area contributed by atoms with Gasteiger partial charge in [0.15, 0.2) is 0 Å². The van der Waals surface area contributed by atoms with Gasteiger partial charge < -0.3 is 9.64 Å². The molecule has 1 aliphatic rings. The monoisotopic (exact) mass is 330 g/mol. The van der Waals surface area contributed by atoms with Crippen LogP contribution in [-0.4, -0.2) is 36.0 Å². The van der Waals surface area contributed by atoms with Gasteiger partial charge in [-0.3, -0.25) is 4.79 Å². The summed E-state index contributed by atoms with van der Waals surface area (Å²) < 4.78 is 5.23. The van der Waals surface area contributed by atoms with Gasteiger partial charge in [-0.15, -0.1) is 11.3 Å². The maximum atomic E-state index is 12.6. The highest BCUT2D eigenvalue weighted by molar-refractivity contribution is 7.09. The standard InChI is InChI=1S/C18H22N2O2S/c1-13-12-23-18(19-13)15-6-4-8-20(11-15)17(21)10-14-5-3-7-16(9-14)22-2/h3,5,7,9,12,15H,4,6,8,10-11H2,1-2H3/t15-/m0/s1. The summed E-state index contributed by atoms with van der Waals surface area (Å²) >= 11 is 1.71. The highest BCUT2D eigenvalue weighted by atomic mass is 32.1. The number of benzene rings is 1. The molecule has 2 aromatic rings. The molecule has 122 valence electrons. The van der Waals surface area contributed by atoms with E-state index in [-0.39, 0.29) is 5.91 Å². The largest absolute Gasteiger partial charge is 0.497 e. The van der Waals surface area contributed by atoms with Crippen LogP contribution in [0, 0.1) is 6.92 Å². The number of amides is 1. The van der Waals surface area contributed by atoms with Gasteiger partial charge in [0, 0.05) is 30.1 Å². The number of aryl methyl sites for hydroxylation is 1. The molecule has 0 radical (unpaired) electrons. The lowest BCUT2D eigenvalue weighted by molar-refractivity contribution is -0.131. The molecular formula is C18H22N2O2S. The van der Waals surface area contributed by atoms with Crippen LogP contribution in [0.5, 0.6) is 5.75 Å². The zero-order valence-corrected chi connectivity index (χ0v) is 14.4. The van der Waals surface area contributed by atoms with E-state index in [1.165, 1.54) is 5.01 Å². The smallest absolute Gasteiger partial charge is 0.227 e. The molecule has 0 saturated carbocycles. The Morgan fingerprint density at radius 2 is 2.35 bits per heavy atom. The van der Waals surface area contributed by atoms with Gasteiger partial charge in [-0.1, -0.05) is 12.1 Å². The van der Waals surface area contributed by atoms with Gasteiger partial charge >= 0.3 is 0 Å². The molecule has 0 unspecified atom stereocenters. The first-order chi connectivity index (χ1) is 11.2. The average molecular weight is 330 g/mol. The molecule has 4 nitrogen and oxygen atoms in total. The van der Waals surface area contributed by atoms with Crippen LogP contribution in [0.2, 0.25) is 0 Å². The van der Waals surface area contributed by atoms with Crippen LogP contribution in [0.4, 0.5) is 0 Å². The summed E-state index contributed by atoms with van der Waals surface area (Å²) in [4.78, 5) is 19.2. The second-order valence-electron chi connectivity index (χ2n) is 6.03. The van der Waals surface area contributed by atoms with Gasteiger partial charge in [0.2, 0.25) is 5.91 Å². The lowest BCUT2D eigenvalue weighted by Crippen LogP contribution is -2.39. The number of hydrogen-bond donors (Lipinski definition) is 0. The number of likely N-dealkylation sites (tertiary alicyclic amines) is 1. The third-order valence-electron chi connectivity index (χ3n) is 4.25. The minimum absolute atomic E-state index is 0.191. The van der Waals surface area contributed by atoms with E-state index in [0.717, 1.165) is 42.9 Å². The second kappa shape index (κ2) is 7.13. The molecule has 1 fully saturated rings. The second-order valence-corrected chi connectivity index (χ2v) is 6.92. The Labute approximate surface area is 141 Å². The number of carbonyl (C=O) groups is 1. The van der Waals surface area contributed by atoms with E-state index in [2.05, 4.69) is 10.4 Å². The van der Waals surface area contributed by atoms with Crippen LogP contribution in [0.25, 0.3) is 0 Å². The number of ether oxygens (including phenoxy) is 1. The molecule has 1 amide bonds. The third kappa shape index (κ3) is 3.91. The zero-order valence-electron chi connectivity index (χ0n) is 13.6. The number of nitrogens with zero attached hydrogens (tertiary/aromatic N) is 2. The van der Waals surface area contributed by atoms with E-state index in [1.54, 1.807) is 18.4 Å². The topological polar surface area (TPSA) is 42.4 Å². The molecule has 5 heteroatoms. The molecule has 0 N–H and O–H groups in total. The first kappa shape index (κ1) is 16.0. The van der Waals surface area contributed by atoms with Crippen molar-refractivity contribution in [3.05, 3.63) is 45.9 Å². The average Bonchev–Trinajstić information content (AvgIpc) is 3.01. The third-order valence-corrected chi connectivity index (χ3v) is 5.37. The minimum atomic E-state index is 0.191. The summed E-state index contributed by atoms with van der Waals surface area (Å²) in [6.07, 6.45) is 2.60. The summed E-state index contributed by atoms with van der Waals surface area (Å²) in [5.41, 5.74) is 2.08. The molecule has 0 bridgehead atoms. The van der Waals surface area contributed by atoms with E-state index in [0.29, 0.717) is 12.3 Å². The predicted octanol–water partition coefficient (Wildman–Crippen LogP) is 3.41. The summed E-state index contributed by atoms with van der Waals surface area (Å²) in [5.74, 6) is 1.37. The van der Waals surface area contributed by atoms with E-state index >= 15 is 0 Å². The van der Waals surface area contributed by atoms with Gasteiger partial charge in [-0.05, 0) is 37.5 Å². The number of aromatic nitrogens is 1. The van der Waals surface area contributed by atoms with Crippen molar-refractivity contribution in [1.29, 1.82) is 0 Å². The van der Waals surface area contributed by atoms with Crippen molar-refractivity contribution < 1.29 is 9.53 Å². The van der Waals surface area contributed by atoms with Crippen LogP contribution in [0.15, 0.2) is 29.6 Å². The van der Waals surface area contributed by atoms with E-state index in [4.69, 9.17) is 4.74 Å². The van der Waals surface area contributed by atoms with Crippen LogP contribution in [0.3, 0.4) is 0 Å². The number of carbonyl (C=O) groups excluding carboxylic acids is 1. The highest BCUT2D eigenvalue weighted by Gasteiger charge is 2.26. The van der Waals surface area contributed by atoms with Crippen LogP contribution in [0.1, 0.15) is 35.0 Å². The van der Waals surface area contributed by atoms with Gasteiger partial charge in [0.25, 0.3) is 0 Å². The maximum Gasteiger partial charge on any atom is 0.227 e. The van der Waals surface area contributed by atoms with Crippen LogP contribution < -0.4 is 4.74 Å². The van der Waals surface area contributed by atoms with Gasteiger partial charge in [-0.25, -0.2) is 4.98 Å². The Morgan fingerprint density at radius 3 is 3.09 bits per heavy atom. The highest BCUT2D eigenvalue weighted by Crippen LogP contribution is 2.29. The minimum Gasteiger partial charge on any atom is -0.497 e. The molecule has 1 aromatic carbocycles. The van der Waals surface area contributed by atoms with Gasteiger partial charge in [-0.2, -0.15) is 0 Å². The molecular weight excluding hydrogens is 308 g/mol. The summed E-state index contributed by atoms with van der Waals surface area (Å²) in [5, 5.41) is 3.26. The predicted molar refractivity (Wildman–Crippen MR) is 92.1 cm³/mol. The molecule has 2 heterocycles. The van der Waals surface area contributed by atoms with Crippen molar-refractivity contribution in [3.8, 4) is 5.75 Å². The van der Waals surface area contributed by atoms with Crippen LogP contribution >= 0.6 is 11.3 Å². The van der Waals surface area contributed by atoms with Crippen LogP contribution in [-0.2, 0) is 11.2 Å².